The molecule has 21 heavy (non-hydrogen) atoms. The number of amides is 1. The molecular weight excluding hydrogens is 262 g/mol. The van der Waals surface area contributed by atoms with Gasteiger partial charge in [0.15, 0.2) is 0 Å². The van der Waals surface area contributed by atoms with E-state index in [0.29, 0.717) is 11.8 Å². The summed E-state index contributed by atoms with van der Waals surface area (Å²) in [5.41, 5.74) is 1.49. The number of carbonyl (C=O) groups excluding carboxylic acids is 1. The van der Waals surface area contributed by atoms with Crippen LogP contribution in [0.15, 0.2) is 30.3 Å². The van der Waals surface area contributed by atoms with Crippen LogP contribution < -0.4 is 0 Å². The zero-order chi connectivity index (χ0) is 14.9. The fourth-order valence-electron chi connectivity index (χ4n) is 3.75. The normalized spacial score (nSPS) is 26.0. The summed E-state index contributed by atoms with van der Waals surface area (Å²) in [4.78, 5) is 14.8. The van der Waals surface area contributed by atoms with Crippen molar-refractivity contribution in [2.45, 2.75) is 32.6 Å². The van der Waals surface area contributed by atoms with Crippen molar-refractivity contribution >= 4 is 5.91 Å². The summed E-state index contributed by atoms with van der Waals surface area (Å²) in [6, 6.07) is 10.6. The predicted octanol–water partition coefficient (Wildman–Crippen LogP) is 3.07. The molecule has 114 valence electrons. The topological polar surface area (TPSA) is 29.5 Å². The van der Waals surface area contributed by atoms with E-state index in [4.69, 9.17) is 4.74 Å². The van der Waals surface area contributed by atoms with Gasteiger partial charge in [-0.3, -0.25) is 4.79 Å². The molecule has 2 saturated heterocycles. The van der Waals surface area contributed by atoms with Crippen molar-refractivity contribution < 1.29 is 9.53 Å². The Morgan fingerprint density at radius 3 is 2.52 bits per heavy atom. The van der Waals surface area contributed by atoms with Crippen LogP contribution in [0.3, 0.4) is 0 Å². The van der Waals surface area contributed by atoms with Crippen molar-refractivity contribution in [1.29, 1.82) is 0 Å². The average molecular weight is 287 g/mol. The highest BCUT2D eigenvalue weighted by molar-refractivity contribution is 5.79. The second kappa shape index (κ2) is 5.80. The van der Waals surface area contributed by atoms with E-state index >= 15 is 0 Å². The molecule has 2 fully saturated rings. The van der Waals surface area contributed by atoms with Gasteiger partial charge >= 0.3 is 0 Å². The number of benzene rings is 1. The quantitative estimate of drug-likeness (QED) is 0.836. The van der Waals surface area contributed by atoms with Crippen LogP contribution in [0.5, 0.6) is 0 Å². The molecule has 2 aliphatic heterocycles. The zero-order valence-electron chi connectivity index (χ0n) is 13.0. The molecule has 0 aromatic heterocycles. The van der Waals surface area contributed by atoms with Gasteiger partial charge in [0.1, 0.15) is 0 Å². The van der Waals surface area contributed by atoms with Crippen LogP contribution in [-0.2, 0) is 9.53 Å². The Morgan fingerprint density at radius 1 is 1.19 bits per heavy atom. The second-order valence-corrected chi connectivity index (χ2v) is 7.06. The molecule has 1 aromatic carbocycles. The van der Waals surface area contributed by atoms with Gasteiger partial charge in [0.05, 0.1) is 0 Å². The minimum Gasteiger partial charge on any atom is -0.381 e. The molecule has 0 N–H and O–H groups in total. The van der Waals surface area contributed by atoms with Crippen molar-refractivity contribution in [3.05, 3.63) is 35.9 Å². The van der Waals surface area contributed by atoms with E-state index in [1.54, 1.807) is 0 Å². The molecule has 2 aliphatic rings. The lowest BCUT2D eigenvalue weighted by Crippen LogP contribution is -2.37. The van der Waals surface area contributed by atoms with E-state index in [9.17, 15) is 4.79 Å². The Kier molecular flexibility index (Phi) is 4.03. The Labute approximate surface area is 127 Å². The monoisotopic (exact) mass is 287 g/mol. The molecule has 0 saturated carbocycles. The summed E-state index contributed by atoms with van der Waals surface area (Å²) in [6.45, 7) is 7.74. The highest BCUT2D eigenvalue weighted by atomic mass is 16.5. The molecule has 0 unspecified atom stereocenters. The molecule has 3 nitrogen and oxygen atoms in total. The summed E-state index contributed by atoms with van der Waals surface area (Å²) in [6.07, 6.45) is 1.76. The third kappa shape index (κ3) is 2.98. The number of hydrogen-bond acceptors (Lipinski definition) is 2. The number of hydrogen-bond donors (Lipinski definition) is 0. The fraction of sp³-hybridized carbons (Fsp3) is 0.611. The maximum atomic E-state index is 12.7. The minimum atomic E-state index is 0.141. The van der Waals surface area contributed by atoms with Crippen molar-refractivity contribution in [2.24, 2.45) is 11.3 Å². The molecule has 0 bridgehead atoms. The van der Waals surface area contributed by atoms with E-state index in [1.807, 2.05) is 0 Å². The third-order valence-corrected chi connectivity index (χ3v) is 5.03. The first kappa shape index (κ1) is 14.6. The largest absolute Gasteiger partial charge is 0.381 e. The van der Waals surface area contributed by atoms with E-state index < -0.39 is 0 Å². The van der Waals surface area contributed by atoms with Crippen molar-refractivity contribution in [1.82, 2.24) is 4.90 Å². The third-order valence-electron chi connectivity index (χ3n) is 5.03. The molecule has 3 rings (SSSR count). The second-order valence-electron chi connectivity index (χ2n) is 7.06. The Hall–Kier alpha value is -1.35. The summed E-state index contributed by atoms with van der Waals surface area (Å²) in [5, 5.41) is 0. The van der Waals surface area contributed by atoms with Gasteiger partial charge in [-0.2, -0.15) is 0 Å². The standard InChI is InChI=1S/C18H25NO2/c1-18(2)13-19(17(20)15-8-10-21-11-9-15)12-16(18)14-6-4-3-5-7-14/h3-7,15-16H,8-13H2,1-2H3/t16-/m0/s1. The molecule has 0 radical (unpaired) electrons. The smallest absolute Gasteiger partial charge is 0.225 e. The van der Waals surface area contributed by atoms with E-state index in [0.717, 1.165) is 39.1 Å². The van der Waals surface area contributed by atoms with E-state index in [1.165, 1.54) is 5.56 Å². The molecular formula is C18H25NO2. The van der Waals surface area contributed by atoms with E-state index in [2.05, 4.69) is 49.1 Å². The Morgan fingerprint density at radius 2 is 1.86 bits per heavy atom. The van der Waals surface area contributed by atoms with Crippen LogP contribution >= 0.6 is 0 Å². The number of likely N-dealkylation sites (tertiary alicyclic amines) is 1. The maximum absolute atomic E-state index is 12.7. The van der Waals surface area contributed by atoms with Gasteiger partial charge in [-0.1, -0.05) is 44.2 Å². The van der Waals surface area contributed by atoms with Gasteiger partial charge in [0, 0.05) is 38.1 Å². The summed E-state index contributed by atoms with van der Waals surface area (Å²) in [5.74, 6) is 0.941. The highest BCUT2D eigenvalue weighted by Gasteiger charge is 2.43. The van der Waals surface area contributed by atoms with Crippen LogP contribution in [0.25, 0.3) is 0 Å². The molecule has 1 amide bonds. The first-order valence-electron chi connectivity index (χ1n) is 7.99. The Balaban J connectivity index is 1.74. The molecule has 2 heterocycles. The molecule has 1 atom stereocenters. The summed E-state index contributed by atoms with van der Waals surface area (Å²) < 4.78 is 5.37. The van der Waals surface area contributed by atoms with Gasteiger partial charge < -0.3 is 9.64 Å². The number of carbonyl (C=O) groups is 1. The highest BCUT2D eigenvalue weighted by Crippen LogP contribution is 2.42. The van der Waals surface area contributed by atoms with Crippen molar-refractivity contribution in [3.63, 3.8) is 0 Å². The number of ether oxygens (including phenoxy) is 1. The van der Waals surface area contributed by atoms with Gasteiger partial charge in [0.25, 0.3) is 0 Å². The van der Waals surface area contributed by atoms with Crippen LogP contribution in [0.2, 0.25) is 0 Å². The summed E-state index contributed by atoms with van der Waals surface area (Å²) in [7, 11) is 0. The first-order chi connectivity index (χ1) is 10.1. The van der Waals surface area contributed by atoms with Crippen LogP contribution in [0.1, 0.15) is 38.2 Å². The number of rotatable bonds is 2. The SMILES string of the molecule is CC1(C)CN(C(=O)C2CCOCC2)C[C@H]1c1ccccc1. The van der Waals surface area contributed by atoms with Gasteiger partial charge in [-0.05, 0) is 23.8 Å². The lowest BCUT2D eigenvalue weighted by molar-refractivity contribution is -0.137. The lowest BCUT2D eigenvalue weighted by Gasteiger charge is -2.27. The van der Waals surface area contributed by atoms with Crippen LogP contribution in [-0.4, -0.2) is 37.1 Å². The molecule has 1 aromatic rings. The van der Waals surface area contributed by atoms with Gasteiger partial charge in [-0.15, -0.1) is 0 Å². The Bertz CT molecular complexity index is 491. The fourth-order valence-corrected chi connectivity index (χ4v) is 3.75. The molecule has 0 spiro atoms. The van der Waals surface area contributed by atoms with Crippen molar-refractivity contribution in [2.75, 3.05) is 26.3 Å². The van der Waals surface area contributed by atoms with Crippen LogP contribution in [0.4, 0.5) is 0 Å². The van der Waals surface area contributed by atoms with Gasteiger partial charge in [-0.25, -0.2) is 0 Å². The maximum Gasteiger partial charge on any atom is 0.225 e. The predicted molar refractivity (Wildman–Crippen MR) is 83.1 cm³/mol. The number of nitrogens with zero attached hydrogens (tertiary/aromatic N) is 1. The first-order valence-corrected chi connectivity index (χ1v) is 7.99. The minimum absolute atomic E-state index is 0.141. The van der Waals surface area contributed by atoms with Crippen LogP contribution in [0, 0.1) is 11.3 Å². The zero-order valence-corrected chi connectivity index (χ0v) is 13.0. The summed E-state index contributed by atoms with van der Waals surface area (Å²) >= 11 is 0. The van der Waals surface area contributed by atoms with Crippen molar-refractivity contribution in [3.8, 4) is 0 Å². The van der Waals surface area contributed by atoms with E-state index in [-0.39, 0.29) is 11.3 Å². The molecule has 3 heteroatoms. The lowest BCUT2D eigenvalue weighted by atomic mass is 9.78. The van der Waals surface area contributed by atoms with Gasteiger partial charge in [0.2, 0.25) is 5.91 Å². The average Bonchev–Trinajstić information content (AvgIpc) is 2.84. The molecule has 0 aliphatic carbocycles.